The lowest BCUT2D eigenvalue weighted by molar-refractivity contribution is -0.137. The predicted molar refractivity (Wildman–Crippen MR) is 66.5 cm³/mol. The molecule has 84 valence electrons. The van der Waals surface area contributed by atoms with Crippen molar-refractivity contribution in [1.82, 2.24) is 0 Å². The molecule has 1 atom stereocenters. The van der Waals surface area contributed by atoms with Gasteiger partial charge in [-0.05, 0) is 17.7 Å². The first-order valence-electron chi connectivity index (χ1n) is 4.82. The molecule has 0 bridgehead atoms. The summed E-state index contributed by atoms with van der Waals surface area (Å²) in [7, 11) is 0. The number of carboxylic acids is 1. The highest BCUT2D eigenvalue weighted by molar-refractivity contribution is 8.14. The summed E-state index contributed by atoms with van der Waals surface area (Å²) in [4.78, 5) is 14.9. The van der Waals surface area contributed by atoms with Crippen LogP contribution in [0.25, 0.3) is 0 Å². The fourth-order valence-corrected chi connectivity index (χ4v) is 2.59. The van der Waals surface area contributed by atoms with Crippen molar-refractivity contribution in [1.29, 1.82) is 0 Å². The van der Waals surface area contributed by atoms with Gasteiger partial charge in [-0.3, -0.25) is 4.99 Å². The van der Waals surface area contributed by atoms with Crippen LogP contribution in [0.5, 0.6) is 0 Å². The number of rotatable bonds is 3. The molecule has 0 saturated carbocycles. The van der Waals surface area contributed by atoms with Gasteiger partial charge in [-0.2, -0.15) is 0 Å². The highest BCUT2D eigenvalue weighted by Crippen LogP contribution is 2.21. The molecule has 0 aliphatic carbocycles. The Labute approximate surface area is 103 Å². The molecular weight excluding hydrogens is 246 g/mol. The molecule has 16 heavy (non-hydrogen) atoms. The number of hydrogen-bond donors (Lipinski definition) is 1. The highest BCUT2D eigenvalue weighted by Gasteiger charge is 2.24. The van der Waals surface area contributed by atoms with Crippen LogP contribution >= 0.6 is 23.4 Å². The SMILES string of the molecule is O=C(O)[C@@H]1CSC(Cc2ccc(Cl)cc2)=N1. The Kier molecular flexibility index (Phi) is 3.51. The standard InChI is InChI=1S/C11H10ClNO2S/c12-8-3-1-7(2-4-8)5-10-13-9(6-16-10)11(14)15/h1-4,9H,5-6H2,(H,14,15)/t9-/m0/s1. The molecule has 0 aromatic heterocycles. The molecule has 1 N–H and O–H groups in total. The first kappa shape index (κ1) is 11.5. The van der Waals surface area contributed by atoms with E-state index in [9.17, 15) is 4.79 Å². The summed E-state index contributed by atoms with van der Waals surface area (Å²) >= 11 is 7.29. The van der Waals surface area contributed by atoms with Crippen molar-refractivity contribution in [3.8, 4) is 0 Å². The Balaban J connectivity index is 2.03. The minimum absolute atomic E-state index is 0.540. The lowest BCUT2D eigenvalue weighted by Gasteiger charge is -1.99. The van der Waals surface area contributed by atoms with E-state index in [-0.39, 0.29) is 0 Å². The summed E-state index contributed by atoms with van der Waals surface area (Å²) < 4.78 is 0. The normalized spacial score (nSPS) is 19.6. The maximum atomic E-state index is 10.7. The first-order chi connectivity index (χ1) is 7.65. The quantitative estimate of drug-likeness (QED) is 0.903. The van der Waals surface area contributed by atoms with Crippen LogP contribution in [0.1, 0.15) is 5.56 Å². The van der Waals surface area contributed by atoms with Crippen LogP contribution in [0.15, 0.2) is 29.3 Å². The van der Waals surface area contributed by atoms with E-state index in [4.69, 9.17) is 16.7 Å². The van der Waals surface area contributed by atoms with Crippen LogP contribution in [0.4, 0.5) is 0 Å². The second-order valence-corrected chi connectivity index (χ2v) is 5.02. The number of benzene rings is 1. The van der Waals surface area contributed by atoms with Gasteiger partial charge in [-0.25, -0.2) is 4.79 Å². The van der Waals surface area contributed by atoms with Gasteiger partial charge in [-0.15, -0.1) is 11.8 Å². The predicted octanol–water partition coefficient (Wildman–Crippen LogP) is 2.48. The molecule has 0 radical (unpaired) electrons. The van der Waals surface area contributed by atoms with Gasteiger partial charge >= 0.3 is 5.97 Å². The van der Waals surface area contributed by atoms with Crippen LogP contribution in [-0.4, -0.2) is 27.9 Å². The second-order valence-electron chi connectivity index (χ2n) is 3.49. The molecule has 1 heterocycles. The molecule has 0 spiro atoms. The van der Waals surface area contributed by atoms with Crippen molar-refractivity contribution in [2.75, 3.05) is 5.75 Å². The monoisotopic (exact) mass is 255 g/mol. The minimum atomic E-state index is -0.849. The van der Waals surface area contributed by atoms with Gasteiger partial charge in [0.15, 0.2) is 6.04 Å². The zero-order valence-corrected chi connectivity index (χ0v) is 9.96. The molecule has 1 aromatic rings. The smallest absolute Gasteiger partial charge is 0.329 e. The first-order valence-corrected chi connectivity index (χ1v) is 6.18. The molecule has 5 heteroatoms. The third-order valence-electron chi connectivity index (χ3n) is 2.26. The van der Waals surface area contributed by atoms with Crippen LogP contribution in [0.2, 0.25) is 5.02 Å². The number of carbonyl (C=O) groups is 1. The Hall–Kier alpha value is -1.00. The maximum absolute atomic E-state index is 10.7. The minimum Gasteiger partial charge on any atom is -0.480 e. The van der Waals surface area contributed by atoms with Crippen LogP contribution in [0, 0.1) is 0 Å². The van der Waals surface area contributed by atoms with Crippen molar-refractivity contribution in [3.05, 3.63) is 34.9 Å². The third kappa shape index (κ3) is 2.77. The number of carboxylic acid groups (broad SMARTS) is 1. The lowest BCUT2D eigenvalue weighted by atomic mass is 10.2. The van der Waals surface area contributed by atoms with Crippen molar-refractivity contribution in [2.24, 2.45) is 4.99 Å². The van der Waals surface area contributed by atoms with E-state index in [1.807, 2.05) is 24.3 Å². The maximum Gasteiger partial charge on any atom is 0.329 e. The van der Waals surface area contributed by atoms with Gasteiger partial charge in [0.2, 0.25) is 0 Å². The molecule has 0 amide bonds. The van der Waals surface area contributed by atoms with Crippen molar-refractivity contribution in [3.63, 3.8) is 0 Å². The van der Waals surface area contributed by atoms with E-state index in [0.29, 0.717) is 17.2 Å². The number of nitrogens with zero attached hydrogens (tertiary/aromatic N) is 1. The molecular formula is C11H10ClNO2S. The molecule has 3 nitrogen and oxygen atoms in total. The zero-order chi connectivity index (χ0) is 11.5. The summed E-state index contributed by atoms with van der Waals surface area (Å²) in [5, 5.41) is 10.4. The molecule has 0 unspecified atom stereocenters. The Morgan fingerprint density at radius 3 is 2.75 bits per heavy atom. The molecule has 1 aromatic carbocycles. The second kappa shape index (κ2) is 4.89. The van der Waals surface area contributed by atoms with E-state index in [2.05, 4.69) is 4.99 Å². The van der Waals surface area contributed by atoms with E-state index < -0.39 is 12.0 Å². The number of hydrogen-bond acceptors (Lipinski definition) is 3. The van der Waals surface area contributed by atoms with Gasteiger partial charge in [0.25, 0.3) is 0 Å². The van der Waals surface area contributed by atoms with Crippen LogP contribution < -0.4 is 0 Å². The Bertz CT molecular complexity index is 430. The Morgan fingerprint density at radius 1 is 1.50 bits per heavy atom. The van der Waals surface area contributed by atoms with Gasteiger partial charge in [0.05, 0.1) is 5.04 Å². The van der Waals surface area contributed by atoms with Gasteiger partial charge in [0.1, 0.15) is 0 Å². The van der Waals surface area contributed by atoms with Crippen molar-refractivity contribution < 1.29 is 9.90 Å². The molecule has 0 saturated heterocycles. The number of halogens is 1. The van der Waals surface area contributed by atoms with Crippen molar-refractivity contribution in [2.45, 2.75) is 12.5 Å². The van der Waals surface area contributed by atoms with Gasteiger partial charge in [0, 0.05) is 17.2 Å². The van der Waals surface area contributed by atoms with Crippen molar-refractivity contribution >= 4 is 34.4 Å². The largest absolute Gasteiger partial charge is 0.480 e. The van der Waals surface area contributed by atoms with Gasteiger partial charge < -0.3 is 5.11 Å². The summed E-state index contributed by atoms with van der Waals surface area (Å²) in [6, 6.07) is 6.93. The summed E-state index contributed by atoms with van der Waals surface area (Å²) in [5.41, 5.74) is 1.10. The van der Waals surface area contributed by atoms with E-state index in [1.54, 1.807) is 0 Å². The highest BCUT2D eigenvalue weighted by atomic mass is 35.5. The topological polar surface area (TPSA) is 49.7 Å². The van der Waals surface area contributed by atoms with E-state index in [1.165, 1.54) is 11.8 Å². The Morgan fingerprint density at radius 2 is 2.19 bits per heavy atom. The number of thioether (sulfide) groups is 1. The molecule has 1 aliphatic rings. The summed E-state index contributed by atoms with van der Waals surface area (Å²) in [5.74, 6) is -0.309. The number of aliphatic imine (C=N–C) groups is 1. The van der Waals surface area contributed by atoms with E-state index in [0.717, 1.165) is 10.6 Å². The summed E-state index contributed by atoms with van der Waals surface area (Å²) in [6.45, 7) is 0. The van der Waals surface area contributed by atoms with E-state index >= 15 is 0 Å². The molecule has 1 aliphatic heterocycles. The average molecular weight is 256 g/mol. The van der Waals surface area contributed by atoms with Crippen LogP contribution in [-0.2, 0) is 11.2 Å². The number of aliphatic carboxylic acids is 1. The summed E-state index contributed by atoms with van der Waals surface area (Å²) in [6.07, 6.45) is 0.686. The van der Waals surface area contributed by atoms with Gasteiger partial charge in [-0.1, -0.05) is 23.7 Å². The third-order valence-corrected chi connectivity index (χ3v) is 3.58. The average Bonchev–Trinajstić information content (AvgIpc) is 2.70. The van der Waals surface area contributed by atoms with Crippen LogP contribution in [0.3, 0.4) is 0 Å². The lowest BCUT2D eigenvalue weighted by Crippen LogP contribution is -2.17. The zero-order valence-electron chi connectivity index (χ0n) is 8.39. The fraction of sp³-hybridized carbons (Fsp3) is 0.273. The molecule has 2 rings (SSSR count). The fourth-order valence-electron chi connectivity index (χ4n) is 1.42. The molecule has 0 fully saturated rings.